The molecule has 0 bridgehead atoms. The zero-order valence-corrected chi connectivity index (χ0v) is 4.65. The van der Waals surface area contributed by atoms with Crippen LogP contribution in [0.4, 0.5) is 0 Å². The summed E-state index contributed by atoms with van der Waals surface area (Å²) < 4.78 is 8.39. The maximum Gasteiger partial charge on any atom is 0.509 e. The van der Waals surface area contributed by atoms with Crippen molar-refractivity contribution in [2.75, 3.05) is 0 Å². The molecule has 0 fully saturated rings. The van der Waals surface area contributed by atoms with Crippen LogP contribution in [0.25, 0.3) is 0 Å². The quantitative estimate of drug-likeness (QED) is 0.232. The van der Waals surface area contributed by atoms with Gasteiger partial charge in [-0.2, -0.15) is 0 Å². The molecule has 0 aliphatic rings. The van der Waals surface area contributed by atoms with Crippen molar-refractivity contribution in [3.63, 3.8) is 0 Å². The van der Waals surface area contributed by atoms with E-state index < -0.39 is 11.6 Å². The van der Waals surface area contributed by atoms with Gasteiger partial charge in [0.1, 0.15) is 0 Å². The third-order valence-electron chi connectivity index (χ3n) is 0.133. The normalized spacial score (nSPS) is 10.7. The Labute approximate surface area is 43.6 Å². The van der Waals surface area contributed by atoms with Gasteiger partial charge in [-0.3, -0.25) is 0 Å². The molecule has 0 heterocycles. The van der Waals surface area contributed by atoms with Gasteiger partial charge in [0.15, 0.2) is 4.33 Å². The van der Waals surface area contributed by atoms with E-state index in [4.69, 9.17) is 0 Å². The molecular weight excluding hydrogens is 141 g/mol. The summed E-state index contributed by atoms with van der Waals surface area (Å²) in [6, 6.07) is 0. The fourth-order valence-electron chi connectivity index (χ4n) is 0.0544. The fourth-order valence-corrected chi connectivity index (χ4v) is 0.490. The van der Waals surface area contributed by atoms with E-state index in [0.717, 1.165) is 0 Å². The van der Waals surface area contributed by atoms with Crippen LogP contribution in [0.5, 0.6) is 0 Å². The third-order valence-corrected chi connectivity index (χ3v) is 1.20. The van der Waals surface area contributed by atoms with Gasteiger partial charge in [-0.05, 0) is 0 Å². The van der Waals surface area contributed by atoms with Crippen LogP contribution >= 0.6 is 18.8 Å². The van der Waals surface area contributed by atoms with E-state index in [1.165, 1.54) is 0 Å². The fraction of sp³-hybridized carbons (Fsp3) is 0. The Kier molecular flexibility index (Phi) is 2.82. The largest absolute Gasteiger partial charge is 0.580 e. The molecule has 0 rings (SSSR count). The van der Waals surface area contributed by atoms with Crippen LogP contribution in [-0.2, 0) is 4.57 Å². The molecule has 0 aromatic rings. The zero-order chi connectivity index (χ0) is 5.86. The van der Waals surface area contributed by atoms with Gasteiger partial charge in [0, 0.05) is 0 Å². The number of rotatable bonds is 2. The topological polar surface area (TPSA) is 83.3 Å². The molecule has 0 amide bonds. The molecule has 1 atom stereocenters. The van der Waals surface area contributed by atoms with Crippen molar-refractivity contribution >= 4 is 18.8 Å². The van der Waals surface area contributed by atoms with Gasteiger partial charge in [-0.25, -0.2) is 10.1 Å². The molecule has 5 nitrogen and oxygen atoms in total. The van der Waals surface area contributed by atoms with Crippen LogP contribution in [0, 0.1) is 10.1 Å². The number of nitrogens with zero attached hydrogens (tertiary/aromatic N) is 1. The van der Waals surface area contributed by atoms with Crippen LogP contribution in [0.2, 0.25) is 0 Å². The Bertz CT molecular complexity index is 87.9. The monoisotopic (exact) mass is 141 g/mol. The first-order valence-electron chi connectivity index (χ1n) is 1.10. The zero-order valence-electron chi connectivity index (χ0n) is 2.94. The van der Waals surface area contributed by atoms with Crippen LogP contribution < -0.4 is 4.89 Å². The molecule has 0 N–H and O–H groups in total. The highest BCUT2D eigenvalue weighted by Gasteiger charge is 2.15. The van der Waals surface area contributed by atoms with E-state index >= 15 is 0 Å². The number of hydrogen-bond acceptors (Lipinski definition) is 5. The van der Waals surface area contributed by atoms with Crippen molar-refractivity contribution in [3.05, 3.63) is 10.1 Å². The molecule has 0 aromatic carbocycles. The van der Waals surface area contributed by atoms with E-state index in [1.54, 1.807) is 0 Å². The Morgan fingerprint density at radius 1 is 1.71 bits per heavy atom. The van der Waals surface area contributed by atoms with Gasteiger partial charge >= 0.3 is 18.8 Å². The Hall–Kier alpha value is -0.190. The SMILES string of the molecule is O=[N+]([O-])S[P+](=O)[O-]. The minimum Gasteiger partial charge on any atom is -0.580 e. The predicted octanol–water partition coefficient (Wildman–Crippen LogP) is -0.0710. The van der Waals surface area contributed by atoms with E-state index in [1.807, 2.05) is 0 Å². The molecule has 1 unspecified atom stereocenters. The number of hydrogen-bond donors (Lipinski definition) is 0. The van der Waals surface area contributed by atoms with E-state index in [2.05, 4.69) is 0 Å². The second-order valence-electron chi connectivity index (χ2n) is 0.529. The highest BCUT2D eigenvalue weighted by molar-refractivity contribution is 8.46. The van der Waals surface area contributed by atoms with Crippen molar-refractivity contribution in [1.29, 1.82) is 0 Å². The summed E-state index contributed by atoms with van der Waals surface area (Å²) in [7, 11) is -2.92. The van der Waals surface area contributed by atoms with Crippen molar-refractivity contribution in [2.45, 2.75) is 0 Å². The second kappa shape index (κ2) is 2.90. The van der Waals surface area contributed by atoms with Crippen molar-refractivity contribution in [1.82, 2.24) is 0 Å². The minimum absolute atomic E-state index is 0.315. The van der Waals surface area contributed by atoms with Gasteiger partial charge in [0.2, 0.25) is 0 Å². The van der Waals surface area contributed by atoms with Crippen LogP contribution in [-0.4, -0.2) is 4.33 Å². The van der Waals surface area contributed by atoms with Gasteiger partial charge in [-0.1, -0.05) is 4.57 Å². The van der Waals surface area contributed by atoms with Gasteiger partial charge in [0.05, 0.1) is 0 Å². The molecule has 0 spiro atoms. The lowest BCUT2D eigenvalue weighted by Gasteiger charge is -1.71. The highest BCUT2D eigenvalue weighted by atomic mass is 32.7. The Balaban J connectivity index is 3.32. The van der Waals surface area contributed by atoms with E-state index in [0.29, 0.717) is 0 Å². The smallest absolute Gasteiger partial charge is 0.509 e. The Morgan fingerprint density at radius 2 is 2.14 bits per heavy atom. The summed E-state index contributed by atoms with van der Waals surface area (Å²) in [5.41, 5.74) is 0. The summed E-state index contributed by atoms with van der Waals surface area (Å²) in [6.07, 6.45) is 0. The summed E-state index contributed by atoms with van der Waals surface area (Å²) >= 11 is -0.315. The van der Waals surface area contributed by atoms with Crippen molar-refractivity contribution < 1.29 is 13.8 Å². The molecule has 0 saturated carbocycles. The van der Waals surface area contributed by atoms with Gasteiger partial charge in [-0.15, -0.1) is 0 Å². The summed E-state index contributed by atoms with van der Waals surface area (Å²) in [5.74, 6) is 0. The minimum atomic E-state index is -2.92. The van der Waals surface area contributed by atoms with Crippen LogP contribution in [0.1, 0.15) is 0 Å². The van der Waals surface area contributed by atoms with Gasteiger partial charge < -0.3 is 4.89 Å². The molecule has 0 aliphatic carbocycles. The second-order valence-corrected chi connectivity index (χ2v) is 2.82. The number of nitro groups is 1. The average molecular weight is 141 g/mol. The van der Waals surface area contributed by atoms with E-state index in [9.17, 15) is 19.6 Å². The van der Waals surface area contributed by atoms with E-state index in [-0.39, 0.29) is 11.6 Å². The lowest BCUT2D eigenvalue weighted by Crippen LogP contribution is -1.85. The first-order valence-corrected chi connectivity index (χ1v) is 3.65. The molecule has 7 heavy (non-hydrogen) atoms. The van der Waals surface area contributed by atoms with Crippen molar-refractivity contribution in [2.24, 2.45) is 0 Å². The summed E-state index contributed by atoms with van der Waals surface area (Å²) in [5, 5.41) is 9.19. The maximum atomic E-state index is 9.37. The maximum absolute atomic E-state index is 9.37. The van der Waals surface area contributed by atoms with Crippen LogP contribution in [0.15, 0.2) is 0 Å². The third kappa shape index (κ3) is 5.81. The molecule has 0 aliphatic heterocycles. The molecule has 0 radical (unpaired) electrons. The molecular formula is NO4PS. The average Bonchev–Trinajstić information content (AvgIpc) is 1.27. The first kappa shape index (κ1) is 6.81. The summed E-state index contributed by atoms with van der Waals surface area (Å²) in [6.45, 7) is 0. The molecule has 7 heteroatoms. The standard InChI is InChI=1S/NO4PS/c2-1(3)7-6(4)5. The highest BCUT2D eigenvalue weighted by Crippen LogP contribution is 2.27. The lowest BCUT2D eigenvalue weighted by atomic mass is 13.4. The van der Waals surface area contributed by atoms with Crippen LogP contribution in [0.3, 0.4) is 0 Å². The predicted molar refractivity (Wildman–Crippen MR) is 22.2 cm³/mol. The van der Waals surface area contributed by atoms with Gasteiger partial charge in [0.25, 0.3) is 0 Å². The summed E-state index contributed by atoms with van der Waals surface area (Å²) in [4.78, 5) is 18.6. The molecule has 0 saturated heterocycles. The lowest BCUT2D eigenvalue weighted by molar-refractivity contribution is -0.283. The first-order chi connectivity index (χ1) is 3.13. The van der Waals surface area contributed by atoms with Crippen molar-refractivity contribution in [3.8, 4) is 0 Å². The molecule has 40 valence electrons. The molecule has 0 aromatic heterocycles. The Morgan fingerprint density at radius 3 is 2.14 bits per heavy atom.